The number of nitrogens with zero attached hydrogens (tertiary/aromatic N) is 1. The first-order valence-corrected chi connectivity index (χ1v) is 7.53. The van der Waals surface area contributed by atoms with Crippen LogP contribution in [0, 0.1) is 13.8 Å². The molecule has 3 rings (SSSR count). The zero-order valence-electron chi connectivity index (χ0n) is 13.2. The molecule has 0 bridgehead atoms. The molecule has 0 aliphatic heterocycles. The zero-order valence-corrected chi connectivity index (χ0v) is 13.2. The molecule has 0 radical (unpaired) electrons. The lowest BCUT2D eigenvalue weighted by atomic mass is 9.99. The molecule has 1 N–H and O–H groups in total. The molecule has 0 aliphatic carbocycles. The summed E-state index contributed by atoms with van der Waals surface area (Å²) < 4.78 is 0. The Hall–Kier alpha value is -2.94. The number of hydrogen-bond acceptors (Lipinski definition) is 2. The summed E-state index contributed by atoms with van der Waals surface area (Å²) in [4.78, 5) is 12.5. The summed E-state index contributed by atoms with van der Waals surface area (Å²) in [7, 11) is 0. The number of hydrogen-bond donors (Lipinski definition) is 1. The molecule has 3 aromatic rings. The van der Waals surface area contributed by atoms with E-state index < -0.39 is 0 Å². The minimum absolute atomic E-state index is 0.191. The fourth-order valence-electron chi connectivity index (χ4n) is 2.65. The molecule has 0 spiro atoms. The van der Waals surface area contributed by atoms with Gasteiger partial charge in [0.25, 0.3) is 5.91 Å². The molecule has 114 valence electrons. The first-order chi connectivity index (χ1) is 11.1. The number of nitrogens with one attached hydrogen (secondary N) is 1. The van der Waals surface area contributed by atoms with Gasteiger partial charge in [0.1, 0.15) is 0 Å². The lowest BCUT2D eigenvalue weighted by Crippen LogP contribution is -2.19. The first-order valence-electron chi connectivity index (χ1n) is 7.53. The fourth-order valence-corrected chi connectivity index (χ4v) is 2.65. The number of benzene rings is 3. The van der Waals surface area contributed by atoms with Crippen molar-refractivity contribution in [2.75, 3.05) is 0 Å². The van der Waals surface area contributed by atoms with E-state index in [0.29, 0.717) is 5.56 Å². The Morgan fingerprint density at radius 1 is 1.00 bits per heavy atom. The van der Waals surface area contributed by atoms with Gasteiger partial charge in [0.2, 0.25) is 0 Å². The zero-order chi connectivity index (χ0) is 16.2. The molecular weight excluding hydrogens is 284 g/mol. The smallest absolute Gasteiger partial charge is 0.267 e. The SMILES string of the molecule is Cc1cccc(/C=N\NC(=O)c2c(C)ccc3ccccc23)c1. The van der Waals surface area contributed by atoms with Gasteiger partial charge in [-0.2, -0.15) is 5.10 Å². The average Bonchev–Trinajstić information content (AvgIpc) is 2.54. The molecule has 3 nitrogen and oxygen atoms in total. The maximum Gasteiger partial charge on any atom is 0.272 e. The predicted octanol–water partition coefficient (Wildman–Crippen LogP) is 4.22. The van der Waals surface area contributed by atoms with Crippen LogP contribution in [0.5, 0.6) is 0 Å². The number of rotatable bonds is 3. The first kappa shape index (κ1) is 15.0. The molecule has 23 heavy (non-hydrogen) atoms. The van der Waals surface area contributed by atoms with Crippen LogP contribution in [0.4, 0.5) is 0 Å². The highest BCUT2D eigenvalue weighted by molar-refractivity contribution is 6.08. The van der Waals surface area contributed by atoms with E-state index in [9.17, 15) is 4.79 Å². The number of amides is 1. The molecule has 1 amide bonds. The number of carbonyl (C=O) groups is 1. The van der Waals surface area contributed by atoms with Crippen molar-refractivity contribution >= 4 is 22.9 Å². The Morgan fingerprint density at radius 2 is 1.83 bits per heavy atom. The van der Waals surface area contributed by atoms with Crippen LogP contribution in [0.25, 0.3) is 10.8 Å². The molecule has 0 aliphatic rings. The maximum absolute atomic E-state index is 12.5. The second kappa shape index (κ2) is 6.44. The van der Waals surface area contributed by atoms with Gasteiger partial charge in [-0.1, -0.05) is 66.2 Å². The fraction of sp³-hybridized carbons (Fsp3) is 0.100. The normalized spacial score (nSPS) is 11.0. The van der Waals surface area contributed by atoms with E-state index in [0.717, 1.165) is 27.5 Å². The lowest BCUT2D eigenvalue weighted by molar-refractivity contribution is 0.0956. The third-order valence-electron chi connectivity index (χ3n) is 3.79. The summed E-state index contributed by atoms with van der Waals surface area (Å²) in [5, 5.41) is 6.07. The van der Waals surface area contributed by atoms with Crippen molar-refractivity contribution in [2.45, 2.75) is 13.8 Å². The van der Waals surface area contributed by atoms with E-state index in [1.54, 1.807) is 6.21 Å². The summed E-state index contributed by atoms with van der Waals surface area (Å²) in [5.41, 5.74) is 6.35. The number of aryl methyl sites for hydroxylation is 2. The van der Waals surface area contributed by atoms with Crippen LogP contribution in [-0.2, 0) is 0 Å². The summed E-state index contributed by atoms with van der Waals surface area (Å²) in [6.45, 7) is 3.96. The van der Waals surface area contributed by atoms with Gasteiger partial charge in [-0.15, -0.1) is 0 Å². The van der Waals surface area contributed by atoms with Crippen molar-refractivity contribution in [2.24, 2.45) is 5.10 Å². The largest absolute Gasteiger partial charge is 0.272 e. The van der Waals surface area contributed by atoms with Crippen molar-refractivity contribution in [3.63, 3.8) is 0 Å². The van der Waals surface area contributed by atoms with E-state index >= 15 is 0 Å². The lowest BCUT2D eigenvalue weighted by Gasteiger charge is -2.08. The number of hydrazone groups is 1. The summed E-state index contributed by atoms with van der Waals surface area (Å²) in [6, 6.07) is 19.8. The molecule has 0 fully saturated rings. The Morgan fingerprint density at radius 3 is 2.65 bits per heavy atom. The molecule has 0 heterocycles. The summed E-state index contributed by atoms with van der Waals surface area (Å²) >= 11 is 0. The molecular formula is C20H18N2O. The van der Waals surface area contributed by atoms with Gasteiger partial charge in [0.15, 0.2) is 0 Å². The summed E-state index contributed by atoms with van der Waals surface area (Å²) in [6.07, 6.45) is 1.66. The van der Waals surface area contributed by atoms with Crippen LogP contribution in [0.3, 0.4) is 0 Å². The van der Waals surface area contributed by atoms with Crippen LogP contribution < -0.4 is 5.43 Å². The highest BCUT2D eigenvalue weighted by Crippen LogP contribution is 2.22. The Kier molecular flexibility index (Phi) is 4.20. The van der Waals surface area contributed by atoms with E-state index in [1.807, 2.05) is 74.5 Å². The highest BCUT2D eigenvalue weighted by Gasteiger charge is 2.12. The van der Waals surface area contributed by atoms with Gasteiger partial charge in [0, 0.05) is 0 Å². The Bertz CT molecular complexity index is 897. The van der Waals surface area contributed by atoms with Crippen molar-refractivity contribution in [1.82, 2.24) is 5.43 Å². The van der Waals surface area contributed by atoms with Crippen LogP contribution in [-0.4, -0.2) is 12.1 Å². The van der Waals surface area contributed by atoms with Gasteiger partial charge in [0.05, 0.1) is 11.8 Å². The molecule has 0 saturated carbocycles. The minimum atomic E-state index is -0.191. The molecule has 0 aromatic heterocycles. The van der Waals surface area contributed by atoms with Crippen molar-refractivity contribution < 1.29 is 4.79 Å². The van der Waals surface area contributed by atoms with Gasteiger partial charge in [-0.05, 0) is 35.7 Å². The molecule has 3 aromatic carbocycles. The minimum Gasteiger partial charge on any atom is -0.267 e. The van der Waals surface area contributed by atoms with Crippen molar-refractivity contribution in [1.29, 1.82) is 0 Å². The molecule has 3 heteroatoms. The van der Waals surface area contributed by atoms with Crippen LogP contribution >= 0.6 is 0 Å². The predicted molar refractivity (Wildman–Crippen MR) is 94.9 cm³/mol. The van der Waals surface area contributed by atoms with Crippen LogP contribution in [0.2, 0.25) is 0 Å². The maximum atomic E-state index is 12.5. The van der Waals surface area contributed by atoms with Gasteiger partial charge in [-0.25, -0.2) is 5.43 Å². The highest BCUT2D eigenvalue weighted by atomic mass is 16.2. The standard InChI is InChI=1S/C20H18N2O/c1-14-6-5-7-16(12-14)13-21-22-20(23)19-15(2)10-11-17-8-3-4-9-18(17)19/h3-13H,1-2H3,(H,22,23)/b21-13-. The van der Waals surface area contributed by atoms with Crippen LogP contribution in [0.1, 0.15) is 27.0 Å². The third kappa shape index (κ3) is 3.29. The van der Waals surface area contributed by atoms with E-state index in [-0.39, 0.29) is 5.91 Å². The Balaban J connectivity index is 1.85. The monoisotopic (exact) mass is 302 g/mol. The number of carbonyl (C=O) groups excluding carboxylic acids is 1. The van der Waals surface area contributed by atoms with Gasteiger partial charge >= 0.3 is 0 Å². The quantitative estimate of drug-likeness (QED) is 0.571. The van der Waals surface area contributed by atoms with E-state index in [2.05, 4.69) is 10.5 Å². The van der Waals surface area contributed by atoms with Crippen molar-refractivity contribution in [3.05, 3.63) is 82.9 Å². The van der Waals surface area contributed by atoms with Crippen molar-refractivity contribution in [3.8, 4) is 0 Å². The Labute approximate surface area is 135 Å². The topological polar surface area (TPSA) is 41.5 Å². The molecule has 0 atom stereocenters. The average molecular weight is 302 g/mol. The van der Waals surface area contributed by atoms with Crippen LogP contribution in [0.15, 0.2) is 65.8 Å². The van der Waals surface area contributed by atoms with E-state index in [1.165, 1.54) is 0 Å². The second-order valence-electron chi connectivity index (χ2n) is 5.59. The second-order valence-corrected chi connectivity index (χ2v) is 5.59. The van der Waals surface area contributed by atoms with Gasteiger partial charge < -0.3 is 0 Å². The molecule has 0 unspecified atom stereocenters. The van der Waals surface area contributed by atoms with E-state index in [4.69, 9.17) is 0 Å². The molecule has 0 saturated heterocycles. The summed E-state index contributed by atoms with van der Waals surface area (Å²) in [5.74, 6) is -0.191. The number of fused-ring (bicyclic) bond motifs is 1. The van der Waals surface area contributed by atoms with Gasteiger partial charge in [-0.3, -0.25) is 4.79 Å². The third-order valence-corrected chi connectivity index (χ3v) is 3.79.